The molecule has 0 fully saturated rings. The molecular weight excluding hydrogens is 258 g/mol. The lowest BCUT2D eigenvalue weighted by molar-refractivity contribution is -0.146. The minimum absolute atomic E-state index is 0.00757. The first-order chi connectivity index (χ1) is 9.60. The van der Waals surface area contributed by atoms with E-state index in [1.165, 1.54) is 6.92 Å². The largest absolute Gasteiger partial charge is 0.465 e. The Kier molecular flexibility index (Phi) is 6.20. The molecule has 1 aromatic carbocycles. The molecule has 5 nitrogen and oxygen atoms in total. The summed E-state index contributed by atoms with van der Waals surface area (Å²) < 4.78 is 4.88. The summed E-state index contributed by atoms with van der Waals surface area (Å²) in [6, 6.07) is 8.62. The van der Waals surface area contributed by atoms with Crippen molar-refractivity contribution in [3.63, 3.8) is 0 Å². The Balaban J connectivity index is 2.70. The Hall–Kier alpha value is -2.39. The Morgan fingerprint density at radius 1 is 1.30 bits per heavy atom. The number of carbonyl (C=O) groups excluding carboxylic acids is 3. The summed E-state index contributed by atoms with van der Waals surface area (Å²) in [7, 11) is 0. The zero-order valence-corrected chi connectivity index (χ0v) is 11.5. The highest BCUT2D eigenvalue weighted by Gasteiger charge is 2.23. The first kappa shape index (κ1) is 15.7. The highest BCUT2D eigenvalue weighted by atomic mass is 16.5. The Morgan fingerprint density at radius 3 is 2.50 bits per heavy atom. The van der Waals surface area contributed by atoms with Gasteiger partial charge in [-0.1, -0.05) is 18.2 Å². The summed E-state index contributed by atoms with van der Waals surface area (Å²) in [6.07, 6.45) is 0. The predicted octanol–water partition coefficient (Wildman–Crippen LogP) is 1.37. The van der Waals surface area contributed by atoms with E-state index >= 15 is 0 Å². The van der Waals surface area contributed by atoms with Gasteiger partial charge in [-0.3, -0.25) is 9.59 Å². The molecule has 1 amide bonds. The van der Waals surface area contributed by atoms with Crippen LogP contribution < -0.4 is 5.32 Å². The van der Waals surface area contributed by atoms with Crippen molar-refractivity contribution >= 4 is 17.8 Å². The average molecular weight is 275 g/mol. The van der Waals surface area contributed by atoms with Crippen LogP contribution in [0.3, 0.4) is 0 Å². The third-order valence-corrected chi connectivity index (χ3v) is 2.76. The second kappa shape index (κ2) is 7.92. The molecule has 0 heterocycles. The summed E-state index contributed by atoms with van der Waals surface area (Å²) in [5.74, 6) is 0.0300. The second-order valence-corrected chi connectivity index (χ2v) is 4.17. The van der Waals surface area contributed by atoms with Crippen LogP contribution in [0.5, 0.6) is 0 Å². The smallest absolute Gasteiger partial charge is 0.315 e. The van der Waals surface area contributed by atoms with E-state index in [4.69, 9.17) is 4.74 Å². The average Bonchev–Trinajstić information content (AvgIpc) is 2.48. The standard InChI is InChI=1S/C15H17NO4/c1-3-20-15(19)13(11(2)10-17)9-16-14(18)12-7-5-4-6-8-12/h4-8,13H,3,9H2,1-2H3,(H,16,18). The zero-order chi connectivity index (χ0) is 15.0. The third kappa shape index (κ3) is 4.37. The second-order valence-electron chi connectivity index (χ2n) is 4.17. The number of esters is 1. The third-order valence-electron chi connectivity index (χ3n) is 2.76. The van der Waals surface area contributed by atoms with Crippen molar-refractivity contribution in [3.05, 3.63) is 41.5 Å². The van der Waals surface area contributed by atoms with Gasteiger partial charge in [0.2, 0.25) is 0 Å². The van der Waals surface area contributed by atoms with Crippen LogP contribution in [-0.4, -0.2) is 31.0 Å². The first-order valence-electron chi connectivity index (χ1n) is 6.31. The molecule has 0 aliphatic carbocycles. The van der Waals surface area contributed by atoms with Crippen molar-refractivity contribution in [3.8, 4) is 0 Å². The van der Waals surface area contributed by atoms with E-state index in [-0.39, 0.29) is 24.6 Å². The van der Waals surface area contributed by atoms with E-state index in [9.17, 15) is 14.4 Å². The highest BCUT2D eigenvalue weighted by molar-refractivity contribution is 5.94. The quantitative estimate of drug-likeness (QED) is 0.628. The molecule has 1 unspecified atom stereocenters. The van der Waals surface area contributed by atoms with Gasteiger partial charge in [0.05, 0.1) is 6.61 Å². The molecule has 20 heavy (non-hydrogen) atoms. The number of amides is 1. The molecule has 0 aromatic heterocycles. The molecule has 1 atom stereocenters. The van der Waals surface area contributed by atoms with Crippen LogP contribution in [-0.2, 0) is 14.3 Å². The van der Waals surface area contributed by atoms with Crippen LogP contribution in [0.25, 0.3) is 0 Å². The molecule has 0 saturated carbocycles. The van der Waals surface area contributed by atoms with Crippen molar-refractivity contribution in [2.75, 3.05) is 13.2 Å². The van der Waals surface area contributed by atoms with Crippen molar-refractivity contribution in [1.82, 2.24) is 5.32 Å². The molecule has 1 aromatic rings. The summed E-state index contributed by atoms with van der Waals surface area (Å²) in [6.45, 7) is 3.39. The lowest BCUT2D eigenvalue weighted by Gasteiger charge is -2.15. The Labute approximate surface area is 117 Å². The van der Waals surface area contributed by atoms with Gasteiger partial charge < -0.3 is 10.1 Å². The molecule has 0 saturated heterocycles. The van der Waals surface area contributed by atoms with Crippen molar-refractivity contribution in [2.45, 2.75) is 13.8 Å². The molecule has 0 radical (unpaired) electrons. The number of hydrogen-bond donors (Lipinski definition) is 1. The maximum absolute atomic E-state index is 11.9. The molecule has 0 aliphatic rings. The van der Waals surface area contributed by atoms with Gasteiger partial charge in [-0.25, -0.2) is 4.79 Å². The maximum Gasteiger partial charge on any atom is 0.315 e. The van der Waals surface area contributed by atoms with Gasteiger partial charge in [0, 0.05) is 17.7 Å². The predicted molar refractivity (Wildman–Crippen MR) is 73.8 cm³/mol. The molecular formula is C15H17NO4. The van der Waals surface area contributed by atoms with E-state index < -0.39 is 11.9 Å². The van der Waals surface area contributed by atoms with E-state index in [2.05, 4.69) is 5.32 Å². The zero-order valence-electron chi connectivity index (χ0n) is 11.5. The Bertz CT molecular complexity index is 518. The van der Waals surface area contributed by atoms with Crippen molar-refractivity contribution < 1.29 is 19.1 Å². The maximum atomic E-state index is 11.9. The molecule has 106 valence electrons. The summed E-state index contributed by atoms with van der Waals surface area (Å²) >= 11 is 0. The van der Waals surface area contributed by atoms with E-state index in [1.807, 2.05) is 0 Å². The lowest BCUT2D eigenvalue weighted by atomic mass is 10.0. The first-order valence-corrected chi connectivity index (χ1v) is 6.31. The SMILES string of the molecule is CCOC(=O)C(CNC(=O)c1ccccc1)C(C)=C=O. The fourth-order valence-electron chi connectivity index (χ4n) is 1.61. The number of hydrogen-bond acceptors (Lipinski definition) is 4. The van der Waals surface area contributed by atoms with Crippen LogP contribution >= 0.6 is 0 Å². The van der Waals surface area contributed by atoms with E-state index in [0.29, 0.717) is 5.56 Å². The number of rotatable bonds is 6. The highest BCUT2D eigenvalue weighted by Crippen LogP contribution is 2.09. The Morgan fingerprint density at radius 2 is 1.95 bits per heavy atom. The van der Waals surface area contributed by atoms with Gasteiger partial charge in [-0.05, 0) is 26.0 Å². The van der Waals surface area contributed by atoms with Gasteiger partial charge >= 0.3 is 5.97 Å². The number of nitrogens with one attached hydrogen (secondary N) is 1. The minimum Gasteiger partial charge on any atom is -0.465 e. The molecule has 0 bridgehead atoms. The molecule has 0 aliphatic heterocycles. The topological polar surface area (TPSA) is 72.5 Å². The molecule has 5 heteroatoms. The van der Waals surface area contributed by atoms with Crippen LogP contribution in [0.2, 0.25) is 0 Å². The van der Waals surface area contributed by atoms with Gasteiger partial charge in [0.15, 0.2) is 0 Å². The number of benzene rings is 1. The summed E-state index contributed by atoms with van der Waals surface area (Å²) in [4.78, 5) is 34.3. The fraction of sp³-hybridized carbons (Fsp3) is 0.333. The lowest BCUT2D eigenvalue weighted by Crippen LogP contribution is -2.34. The van der Waals surface area contributed by atoms with Crippen molar-refractivity contribution in [1.29, 1.82) is 0 Å². The van der Waals surface area contributed by atoms with Gasteiger partial charge in [-0.15, -0.1) is 0 Å². The number of carbonyl (C=O) groups is 2. The molecule has 1 rings (SSSR count). The summed E-state index contributed by atoms with van der Waals surface area (Å²) in [5.41, 5.74) is 0.694. The van der Waals surface area contributed by atoms with E-state index in [1.54, 1.807) is 43.2 Å². The normalized spacial score (nSPS) is 11.1. The molecule has 0 spiro atoms. The van der Waals surface area contributed by atoms with Gasteiger partial charge in [-0.2, -0.15) is 0 Å². The minimum atomic E-state index is -0.805. The van der Waals surface area contributed by atoms with Crippen LogP contribution in [0, 0.1) is 5.92 Å². The fourth-order valence-corrected chi connectivity index (χ4v) is 1.61. The van der Waals surface area contributed by atoms with Crippen LogP contribution in [0.1, 0.15) is 24.2 Å². The molecule has 1 N–H and O–H groups in total. The van der Waals surface area contributed by atoms with Gasteiger partial charge in [0.1, 0.15) is 11.9 Å². The van der Waals surface area contributed by atoms with Gasteiger partial charge in [0.25, 0.3) is 5.91 Å². The monoisotopic (exact) mass is 275 g/mol. The van der Waals surface area contributed by atoms with Crippen LogP contribution in [0.4, 0.5) is 0 Å². The summed E-state index contributed by atoms with van der Waals surface area (Å²) in [5, 5.41) is 2.61. The van der Waals surface area contributed by atoms with Crippen molar-refractivity contribution in [2.24, 2.45) is 5.92 Å². The number of ether oxygens (including phenoxy) is 1. The van der Waals surface area contributed by atoms with Crippen LogP contribution in [0.15, 0.2) is 35.9 Å². The van der Waals surface area contributed by atoms with E-state index in [0.717, 1.165) is 0 Å².